The van der Waals surface area contributed by atoms with E-state index >= 15 is 0 Å². The lowest BCUT2D eigenvalue weighted by atomic mass is 9.90. The van der Waals surface area contributed by atoms with E-state index in [-0.39, 0.29) is 12.5 Å². The first kappa shape index (κ1) is 19.4. The SMILES string of the molecule is CC(C)(NC[C@]1(O)CCCN(CCCc2ccccc2)C1=O)C(N)=O. The van der Waals surface area contributed by atoms with Crippen LogP contribution in [0.25, 0.3) is 0 Å². The van der Waals surface area contributed by atoms with Crippen LogP contribution in [0.5, 0.6) is 0 Å². The number of piperidine rings is 1. The van der Waals surface area contributed by atoms with E-state index in [4.69, 9.17) is 5.73 Å². The Balaban J connectivity index is 1.89. The summed E-state index contributed by atoms with van der Waals surface area (Å²) in [5.74, 6) is -0.779. The molecular weight excluding hydrogens is 318 g/mol. The maximum Gasteiger partial charge on any atom is 0.255 e. The molecule has 6 heteroatoms. The molecule has 2 amide bonds. The monoisotopic (exact) mass is 347 g/mol. The van der Waals surface area contributed by atoms with Crippen LogP contribution in [0.4, 0.5) is 0 Å². The Hall–Kier alpha value is -1.92. The zero-order valence-electron chi connectivity index (χ0n) is 15.1. The standard InChI is InChI=1S/C19H29N3O3/c1-18(2,16(20)23)21-14-19(25)11-7-13-22(17(19)24)12-6-10-15-8-4-3-5-9-15/h3-5,8-9,21,25H,6-7,10-14H2,1-2H3,(H2,20,23)/t19-/m1/s1. The summed E-state index contributed by atoms with van der Waals surface area (Å²) in [5, 5.41) is 13.7. The van der Waals surface area contributed by atoms with Crippen LogP contribution >= 0.6 is 0 Å². The number of carbonyl (C=O) groups excluding carboxylic acids is 2. The van der Waals surface area contributed by atoms with Crippen molar-refractivity contribution in [1.29, 1.82) is 0 Å². The Morgan fingerprint density at radius 1 is 1.36 bits per heavy atom. The van der Waals surface area contributed by atoms with Crippen LogP contribution in [0.1, 0.15) is 38.7 Å². The second-order valence-corrected chi connectivity index (χ2v) is 7.36. The number of rotatable bonds is 8. The van der Waals surface area contributed by atoms with Gasteiger partial charge in [-0.05, 0) is 45.1 Å². The third-order valence-corrected chi connectivity index (χ3v) is 4.88. The molecule has 6 nitrogen and oxygen atoms in total. The second-order valence-electron chi connectivity index (χ2n) is 7.36. The third kappa shape index (κ3) is 5.03. The number of aliphatic hydroxyl groups is 1. The highest BCUT2D eigenvalue weighted by Gasteiger charge is 2.43. The van der Waals surface area contributed by atoms with Gasteiger partial charge in [0.2, 0.25) is 5.91 Å². The molecule has 0 spiro atoms. The first-order chi connectivity index (χ1) is 11.7. The lowest BCUT2D eigenvalue weighted by Crippen LogP contribution is -2.62. The van der Waals surface area contributed by atoms with Gasteiger partial charge in [0.1, 0.15) is 0 Å². The number of hydrogen-bond acceptors (Lipinski definition) is 4. The highest BCUT2D eigenvalue weighted by molar-refractivity contribution is 5.87. The van der Waals surface area contributed by atoms with Crippen molar-refractivity contribution in [1.82, 2.24) is 10.2 Å². The molecule has 1 atom stereocenters. The Morgan fingerprint density at radius 2 is 2.04 bits per heavy atom. The predicted octanol–water partition coefficient (Wildman–Crippen LogP) is 0.826. The highest BCUT2D eigenvalue weighted by atomic mass is 16.3. The lowest BCUT2D eigenvalue weighted by Gasteiger charge is -2.39. The molecule has 2 rings (SSSR count). The molecule has 0 unspecified atom stereocenters. The number of nitrogens with zero attached hydrogens (tertiary/aromatic N) is 1. The van der Waals surface area contributed by atoms with Crippen molar-refractivity contribution in [3.05, 3.63) is 35.9 Å². The summed E-state index contributed by atoms with van der Waals surface area (Å²) >= 11 is 0. The number of hydrogen-bond donors (Lipinski definition) is 3. The van der Waals surface area contributed by atoms with Crippen molar-refractivity contribution in [2.24, 2.45) is 5.73 Å². The number of primary amides is 1. The van der Waals surface area contributed by atoms with Crippen LogP contribution in [0.2, 0.25) is 0 Å². The second kappa shape index (κ2) is 7.97. The van der Waals surface area contributed by atoms with Crippen molar-refractivity contribution >= 4 is 11.8 Å². The number of amides is 2. The summed E-state index contributed by atoms with van der Waals surface area (Å²) in [6.07, 6.45) is 2.89. The van der Waals surface area contributed by atoms with Gasteiger partial charge >= 0.3 is 0 Å². The van der Waals surface area contributed by atoms with Gasteiger partial charge in [-0.2, -0.15) is 0 Å². The third-order valence-electron chi connectivity index (χ3n) is 4.88. The molecule has 138 valence electrons. The topological polar surface area (TPSA) is 95.7 Å². The van der Waals surface area contributed by atoms with Crippen molar-refractivity contribution in [3.63, 3.8) is 0 Å². The number of nitrogens with one attached hydrogen (secondary N) is 1. The van der Waals surface area contributed by atoms with Gasteiger partial charge in [-0.25, -0.2) is 0 Å². The van der Waals surface area contributed by atoms with E-state index in [2.05, 4.69) is 17.4 Å². The Labute approximate surface area is 149 Å². The molecule has 0 bridgehead atoms. The van der Waals surface area contributed by atoms with Crippen molar-refractivity contribution in [3.8, 4) is 0 Å². The number of likely N-dealkylation sites (tertiary alicyclic amines) is 1. The van der Waals surface area contributed by atoms with Crippen molar-refractivity contribution in [2.75, 3.05) is 19.6 Å². The first-order valence-electron chi connectivity index (χ1n) is 8.85. The quantitative estimate of drug-likeness (QED) is 0.649. The van der Waals surface area contributed by atoms with E-state index < -0.39 is 17.0 Å². The van der Waals surface area contributed by atoms with E-state index in [1.165, 1.54) is 5.56 Å². The number of nitrogens with two attached hydrogens (primary N) is 1. The van der Waals surface area contributed by atoms with E-state index in [0.717, 1.165) is 19.3 Å². The van der Waals surface area contributed by atoms with Gasteiger partial charge in [-0.3, -0.25) is 9.59 Å². The lowest BCUT2D eigenvalue weighted by molar-refractivity contribution is -0.157. The van der Waals surface area contributed by atoms with Crippen LogP contribution in [0, 0.1) is 0 Å². The van der Waals surface area contributed by atoms with Crippen LogP contribution in [0.3, 0.4) is 0 Å². The molecular formula is C19H29N3O3. The van der Waals surface area contributed by atoms with Crippen LogP contribution in [-0.4, -0.2) is 52.6 Å². The zero-order valence-corrected chi connectivity index (χ0v) is 15.1. The van der Waals surface area contributed by atoms with Crippen molar-refractivity contribution < 1.29 is 14.7 Å². The van der Waals surface area contributed by atoms with Gasteiger partial charge in [0.15, 0.2) is 5.60 Å². The van der Waals surface area contributed by atoms with E-state index in [1.54, 1.807) is 18.7 Å². The van der Waals surface area contributed by atoms with Gasteiger partial charge < -0.3 is 21.1 Å². The van der Waals surface area contributed by atoms with Crippen molar-refractivity contribution in [2.45, 2.75) is 50.7 Å². The summed E-state index contributed by atoms with van der Waals surface area (Å²) in [5.41, 5.74) is 4.14. The molecule has 1 aliphatic rings. The van der Waals surface area contributed by atoms with Gasteiger partial charge in [0, 0.05) is 19.6 Å². The molecule has 1 aromatic carbocycles. The van der Waals surface area contributed by atoms with Gasteiger partial charge in [0.05, 0.1) is 5.54 Å². The Morgan fingerprint density at radius 3 is 2.68 bits per heavy atom. The summed E-state index contributed by atoms with van der Waals surface area (Å²) in [6, 6.07) is 10.1. The molecule has 1 aliphatic heterocycles. The molecule has 1 heterocycles. The molecule has 1 aromatic rings. The predicted molar refractivity (Wildman–Crippen MR) is 96.8 cm³/mol. The molecule has 0 aliphatic carbocycles. The fourth-order valence-corrected chi connectivity index (χ4v) is 3.02. The Kier molecular flexibility index (Phi) is 6.19. The fourth-order valence-electron chi connectivity index (χ4n) is 3.02. The fraction of sp³-hybridized carbons (Fsp3) is 0.579. The summed E-state index contributed by atoms with van der Waals surface area (Å²) in [7, 11) is 0. The van der Waals surface area contributed by atoms with Crippen LogP contribution in [0.15, 0.2) is 30.3 Å². The van der Waals surface area contributed by atoms with E-state index in [9.17, 15) is 14.7 Å². The number of carbonyl (C=O) groups is 2. The van der Waals surface area contributed by atoms with Gasteiger partial charge in [-0.1, -0.05) is 30.3 Å². The minimum Gasteiger partial charge on any atom is -0.379 e. The molecule has 0 radical (unpaired) electrons. The minimum atomic E-state index is -1.47. The summed E-state index contributed by atoms with van der Waals surface area (Å²) < 4.78 is 0. The normalized spacial score (nSPS) is 21.4. The molecule has 0 saturated carbocycles. The molecule has 1 fully saturated rings. The van der Waals surface area contributed by atoms with E-state index in [1.807, 2.05) is 18.2 Å². The average Bonchev–Trinajstić information content (AvgIpc) is 2.58. The average molecular weight is 347 g/mol. The number of aryl methyl sites for hydroxylation is 1. The van der Waals surface area contributed by atoms with Gasteiger partial charge in [0.25, 0.3) is 5.91 Å². The molecule has 0 aromatic heterocycles. The van der Waals surface area contributed by atoms with Gasteiger partial charge in [-0.15, -0.1) is 0 Å². The molecule has 4 N–H and O–H groups in total. The summed E-state index contributed by atoms with van der Waals surface area (Å²) in [6.45, 7) is 4.59. The molecule has 1 saturated heterocycles. The molecule has 25 heavy (non-hydrogen) atoms. The maximum atomic E-state index is 12.7. The minimum absolute atomic E-state index is 0.0248. The largest absolute Gasteiger partial charge is 0.379 e. The highest BCUT2D eigenvalue weighted by Crippen LogP contribution is 2.23. The Bertz CT molecular complexity index is 603. The summed E-state index contributed by atoms with van der Waals surface area (Å²) in [4.78, 5) is 25.8. The smallest absolute Gasteiger partial charge is 0.255 e. The van der Waals surface area contributed by atoms with E-state index in [0.29, 0.717) is 19.5 Å². The first-order valence-corrected chi connectivity index (χ1v) is 8.85. The van der Waals surface area contributed by atoms with Crippen LogP contribution < -0.4 is 11.1 Å². The van der Waals surface area contributed by atoms with Crippen LogP contribution in [-0.2, 0) is 16.0 Å². The number of benzene rings is 1. The number of β-amino-alcohol motifs (C(OH)–C–C–N with tert-alkyl or cyclic N) is 1. The maximum absolute atomic E-state index is 12.7. The zero-order chi connectivity index (χ0) is 18.5.